The highest BCUT2D eigenvalue weighted by Gasteiger charge is 2.06. The van der Waals surface area contributed by atoms with Gasteiger partial charge < -0.3 is 4.74 Å². The minimum atomic E-state index is -0.390. The van der Waals surface area contributed by atoms with Crippen molar-refractivity contribution >= 4 is 23.2 Å². The van der Waals surface area contributed by atoms with Crippen molar-refractivity contribution in [3.05, 3.63) is 63.4 Å². The van der Waals surface area contributed by atoms with Crippen LogP contribution < -0.4 is 4.74 Å². The first kappa shape index (κ1) is 13.2. The van der Waals surface area contributed by atoms with Crippen LogP contribution in [-0.2, 0) is 6.61 Å². The van der Waals surface area contributed by atoms with Crippen molar-refractivity contribution in [2.75, 3.05) is 0 Å². The van der Waals surface area contributed by atoms with Crippen LogP contribution in [0.25, 0.3) is 0 Å². The van der Waals surface area contributed by atoms with Crippen LogP contribution in [-0.4, -0.2) is 0 Å². The molecule has 1 nitrogen and oxygen atoms in total. The Hall–Kier alpha value is -1.25. The average Bonchev–Trinajstić information content (AvgIpc) is 2.34. The predicted molar refractivity (Wildman–Crippen MR) is 71.9 cm³/mol. The number of halogens is 3. The van der Waals surface area contributed by atoms with Gasteiger partial charge in [-0.1, -0.05) is 29.3 Å². The van der Waals surface area contributed by atoms with Crippen molar-refractivity contribution in [1.82, 2.24) is 0 Å². The van der Waals surface area contributed by atoms with Crippen molar-refractivity contribution in [2.45, 2.75) is 13.5 Å². The fourth-order valence-corrected chi connectivity index (χ4v) is 1.90. The summed E-state index contributed by atoms with van der Waals surface area (Å²) < 4.78 is 18.9. The van der Waals surface area contributed by atoms with Gasteiger partial charge >= 0.3 is 0 Å². The van der Waals surface area contributed by atoms with E-state index in [-0.39, 0.29) is 12.4 Å². The normalized spacial score (nSPS) is 10.4. The number of rotatable bonds is 3. The van der Waals surface area contributed by atoms with Gasteiger partial charge in [0.05, 0.1) is 0 Å². The summed E-state index contributed by atoms with van der Waals surface area (Å²) in [6, 6.07) is 9.81. The second-order valence-corrected chi connectivity index (χ2v) is 4.80. The van der Waals surface area contributed by atoms with Crippen LogP contribution in [0.5, 0.6) is 5.75 Å². The number of benzene rings is 2. The smallest absolute Gasteiger partial charge is 0.165 e. The molecule has 2 aromatic rings. The quantitative estimate of drug-likeness (QED) is 0.769. The van der Waals surface area contributed by atoms with E-state index in [1.807, 2.05) is 6.92 Å². The molecule has 0 heterocycles. The Balaban J connectivity index is 2.16. The molecule has 0 bridgehead atoms. The van der Waals surface area contributed by atoms with E-state index in [0.29, 0.717) is 10.0 Å². The second-order valence-electron chi connectivity index (χ2n) is 3.96. The Morgan fingerprint density at radius 1 is 1.11 bits per heavy atom. The Bertz CT molecular complexity index is 518. The fourth-order valence-electron chi connectivity index (χ4n) is 1.53. The molecule has 4 heteroatoms. The predicted octanol–water partition coefficient (Wildman–Crippen LogP) is 5.02. The molecule has 0 radical (unpaired) electrons. The van der Waals surface area contributed by atoms with Gasteiger partial charge in [0, 0.05) is 15.6 Å². The summed E-state index contributed by atoms with van der Waals surface area (Å²) in [4.78, 5) is 0. The molecule has 0 aliphatic heterocycles. The molecular formula is C14H11Cl2FO. The first-order valence-electron chi connectivity index (χ1n) is 5.39. The lowest BCUT2D eigenvalue weighted by Crippen LogP contribution is -1.98. The van der Waals surface area contributed by atoms with Gasteiger partial charge in [-0.25, -0.2) is 4.39 Å². The van der Waals surface area contributed by atoms with E-state index in [0.717, 1.165) is 11.1 Å². The van der Waals surface area contributed by atoms with Crippen LogP contribution in [0, 0.1) is 12.7 Å². The topological polar surface area (TPSA) is 9.23 Å². The lowest BCUT2D eigenvalue weighted by atomic mass is 10.2. The summed E-state index contributed by atoms with van der Waals surface area (Å²) in [5, 5.41) is 1.12. The van der Waals surface area contributed by atoms with Gasteiger partial charge in [-0.3, -0.25) is 0 Å². The highest BCUT2D eigenvalue weighted by Crippen LogP contribution is 2.24. The van der Waals surface area contributed by atoms with Crippen LogP contribution >= 0.6 is 23.2 Å². The van der Waals surface area contributed by atoms with Gasteiger partial charge in [-0.15, -0.1) is 0 Å². The van der Waals surface area contributed by atoms with Crippen LogP contribution in [0.15, 0.2) is 36.4 Å². The second kappa shape index (κ2) is 5.59. The summed E-state index contributed by atoms with van der Waals surface area (Å²) in [6.45, 7) is 2.05. The molecule has 0 fully saturated rings. The van der Waals surface area contributed by atoms with E-state index >= 15 is 0 Å². The monoisotopic (exact) mass is 284 g/mol. The third kappa shape index (κ3) is 3.15. The fraction of sp³-hybridized carbons (Fsp3) is 0.143. The van der Waals surface area contributed by atoms with Crippen LogP contribution in [0.2, 0.25) is 10.0 Å². The zero-order valence-corrected chi connectivity index (χ0v) is 11.2. The lowest BCUT2D eigenvalue weighted by molar-refractivity contribution is 0.290. The molecule has 0 unspecified atom stereocenters. The zero-order valence-electron chi connectivity index (χ0n) is 9.71. The van der Waals surface area contributed by atoms with Crippen LogP contribution in [0.1, 0.15) is 11.1 Å². The third-order valence-electron chi connectivity index (χ3n) is 2.48. The Morgan fingerprint density at radius 3 is 2.67 bits per heavy atom. The van der Waals surface area contributed by atoms with Crippen molar-refractivity contribution in [1.29, 1.82) is 0 Å². The van der Waals surface area contributed by atoms with Gasteiger partial charge in [0.2, 0.25) is 0 Å². The minimum Gasteiger partial charge on any atom is -0.486 e. The molecule has 94 valence electrons. The van der Waals surface area contributed by atoms with Crippen LogP contribution in [0.4, 0.5) is 4.39 Å². The Labute approximate surface area is 115 Å². The molecule has 0 atom stereocenters. The van der Waals surface area contributed by atoms with E-state index in [9.17, 15) is 4.39 Å². The van der Waals surface area contributed by atoms with Gasteiger partial charge in [-0.2, -0.15) is 0 Å². The first-order chi connectivity index (χ1) is 8.56. The van der Waals surface area contributed by atoms with Gasteiger partial charge in [-0.05, 0) is 42.8 Å². The molecule has 0 spiro atoms. The molecule has 0 N–H and O–H groups in total. The molecule has 0 aliphatic rings. The Kier molecular flexibility index (Phi) is 4.10. The largest absolute Gasteiger partial charge is 0.486 e. The van der Waals surface area contributed by atoms with E-state index in [1.54, 1.807) is 30.3 Å². The van der Waals surface area contributed by atoms with Gasteiger partial charge in [0.15, 0.2) is 11.6 Å². The molecule has 2 rings (SSSR count). The van der Waals surface area contributed by atoms with Crippen molar-refractivity contribution in [2.24, 2.45) is 0 Å². The standard InChI is InChI=1S/C14H11Cl2FO/c1-9-2-5-13(17)14(6-9)18-8-10-7-11(15)3-4-12(10)16/h2-7H,8H2,1H3. The Morgan fingerprint density at radius 2 is 1.89 bits per heavy atom. The van der Waals surface area contributed by atoms with E-state index in [4.69, 9.17) is 27.9 Å². The first-order valence-corrected chi connectivity index (χ1v) is 6.15. The number of hydrogen-bond donors (Lipinski definition) is 0. The number of aryl methyl sites for hydroxylation is 1. The van der Waals surface area contributed by atoms with E-state index in [2.05, 4.69) is 0 Å². The maximum atomic E-state index is 13.5. The summed E-state index contributed by atoms with van der Waals surface area (Å²) in [7, 11) is 0. The van der Waals surface area contributed by atoms with Crippen molar-refractivity contribution in [3.63, 3.8) is 0 Å². The molecule has 18 heavy (non-hydrogen) atoms. The van der Waals surface area contributed by atoms with E-state index < -0.39 is 5.82 Å². The van der Waals surface area contributed by atoms with E-state index in [1.165, 1.54) is 6.07 Å². The maximum absolute atomic E-state index is 13.5. The molecule has 0 aliphatic carbocycles. The number of hydrogen-bond acceptors (Lipinski definition) is 1. The summed E-state index contributed by atoms with van der Waals surface area (Å²) in [6.07, 6.45) is 0. The summed E-state index contributed by atoms with van der Waals surface area (Å²) >= 11 is 11.9. The SMILES string of the molecule is Cc1ccc(F)c(OCc2cc(Cl)ccc2Cl)c1. The van der Waals surface area contributed by atoms with Gasteiger partial charge in [0.1, 0.15) is 6.61 Å². The average molecular weight is 285 g/mol. The highest BCUT2D eigenvalue weighted by atomic mass is 35.5. The third-order valence-corrected chi connectivity index (χ3v) is 3.08. The van der Waals surface area contributed by atoms with Crippen LogP contribution in [0.3, 0.4) is 0 Å². The molecule has 0 aromatic heterocycles. The molecule has 0 saturated carbocycles. The highest BCUT2D eigenvalue weighted by molar-refractivity contribution is 6.33. The van der Waals surface area contributed by atoms with Gasteiger partial charge in [0.25, 0.3) is 0 Å². The maximum Gasteiger partial charge on any atom is 0.165 e. The molecule has 0 saturated heterocycles. The molecular weight excluding hydrogens is 274 g/mol. The molecule has 2 aromatic carbocycles. The minimum absolute atomic E-state index is 0.180. The van der Waals surface area contributed by atoms with Crippen molar-refractivity contribution < 1.29 is 9.13 Å². The summed E-state index contributed by atoms with van der Waals surface area (Å²) in [5.74, 6) is -0.176. The lowest BCUT2D eigenvalue weighted by Gasteiger charge is -2.09. The number of ether oxygens (including phenoxy) is 1. The zero-order chi connectivity index (χ0) is 13.1. The summed E-state index contributed by atoms with van der Waals surface area (Å²) in [5.41, 5.74) is 1.66. The molecule has 0 amide bonds. The van der Waals surface area contributed by atoms with Crippen molar-refractivity contribution in [3.8, 4) is 5.75 Å².